The lowest BCUT2D eigenvalue weighted by molar-refractivity contribution is -0.384. The molecule has 2 aromatic heterocycles. The van der Waals surface area contributed by atoms with E-state index in [1.165, 1.54) is 42.9 Å². The van der Waals surface area contributed by atoms with Gasteiger partial charge in [-0.1, -0.05) is 38.1 Å². The summed E-state index contributed by atoms with van der Waals surface area (Å²) in [6.07, 6.45) is 11.2. The summed E-state index contributed by atoms with van der Waals surface area (Å²) in [6.45, 7) is 10.2. The van der Waals surface area contributed by atoms with Gasteiger partial charge in [0, 0.05) is 81.3 Å². The number of likely N-dealkylation sites (N-methyl/N-ethyl adjacent to an activating group) is 1. The number of piperidine rings is 1. The second-order valence-electron chi connectivity index (χ2n) is 21.6. The van der Waals surface area contributed by atoms with Gasteiger partial charge in [0.1, 0.15) is 18.0 Å². The molecule has 3 aliphatic heterocycles. The Balaban J connectivity index is 0.899. The highest BCUT2D eigenvalue weighted by Gasteiger charge is 2.50. The second-order valence-corrected chi connectivity index (χ2v) is 23.2. The molecular formula is C54H68N8O9S. The quantitative estimate of drug-likeness (QED) is 0.0570. The Bertz CT molecular complexity index is 2930. The lowest BCUT2D eigenvalue weighted by Gasteiger charge is -2.56. The second kappa shape index (κ2) is 19.8. The molecule has 1 spiro atoms. The summed E-state index contributed by atoms with van der Waals surface area (Å²) in [5, 5.41) is 27.0. The van der Waals surface area contributed by atoms with Crippen molar-refractivity contribution in [1.82, 2.24) is 19.6 Å². The van der Waals surface area contributed by atoms with Crippen LogP contribution >= 0.6 is 0 Å². The summed E-state index contributed by atoms with van der Waals surface area (Å²) in [7, 11) is -1.23. The number of nitro benzene ring substituents is 1. The van der Waals surface area contributed by atoms with Gasteiger partial charge < -0.3 is 39.4 Å². The number of aromatic nitrogens is 2. The first-order valence-electron chi connectivity index (χ1n) is 25.6. The number of aliphatic hydroxyl groups is 1. The van der Waals surface area contributed by atoms with Gasteiger partial charge in [-0.05, 0) is 130 Å². The number of anilines is 3. The highest BCUT2D eigenvalue weighted by Crippen LogP contribution is 2.54. The van der Waals surface area contributed by atoms with Crippen molar-refractivity contribution in [2.24, 2.45) is 11.3 Å². The molecule has 5 aromatic rings. The van der Waals surface area contributed by atoms with Crippen molar-refractivity contribution in [3.05, 3.63) is 99.7 Å². The van der Waals surface area contributed by atoms with Crippen LogP contribution < -0.4 is 29.3 Å². The first kappa shape index (κ1) is 49.6. The van der Waals surface area contributed by atoms with Crippen LogP contribution in [0.15, 0.2) is 77.8 Å². The number of hydrogen-bond donors (Lipinski definition) is 4. The molecular weight excluding hydrogens is 937 g/mol. The number of H-pyrrole nitrogens is 1. The van der Waals surface area contributed by atoms with Crippen LogP contribution in [0.25, 0.3) is 11.0 Å². The molecule has 5 aliphatic rings. The Hall–Kier alpha value is -5.95. The molecule has 0 bridgehead atoms. The minimum absolute atomic E-state index is 0.00406. The van der Waals surface area contributed by atoms with Crippen LogP contribution in [0.4, 0.5) is 22.9 Å². The van der Waals surface area contributed by atoms with Crippen LogP contribution in [0.2, 0.25) is 0 Å². The number of hydrogen-bond acceptors (Lipinski definition) is 14. The summed E-state index contributed by atoms with van der Waals surface area (Å²) in [6, 6.07) is 20.8. The molecule has 10 rings (SSSR count). The summed E-state index contributed by atoms with van der Waals surface area (Å²) >= 11 is 0. The predicted molar refractivity (Wildman–Crippen MR) is 277 cm³/mol. The van der Waals surface area contributed by atoms with E-state index in [2.05, 4.69) is 62.9 Å². The maximum atomic E-state index is 14.4. The molecule has 4 fully saturated rings. The maximum Gasteiger partial charge on any atom is 0.297 e. The van der Waals surface area contributed by atoms with Crippen molar-refractivity contribution < 1.29 is 37.5 Å². The number of methoxy groups -OCH3 is 1. The van der Waals surface area contributed by atoms with Crippen molar-refractivity contribution in [2.45, 2.75) is 120 Å². The number of carbonyl (C=O) groups excluding carboxylic acids is 1. The third-order valence-electron chi connectivity index (χ3n) is 16.4. The van der Waals surface area contributed by atoms with Crippen molar-refractivity contribution in [3.63, 3.8) is 0 Å². The van der Waals surface area contributed by atoms with Gasteiger partial charge in [0.15, 0.2) is 23.0 Å². The zero-order valence-corrected chi connectivity index (χ0v) is 42.8. The molecule has 5 heterocycles. The van der Waals surface area contributed by atoms with E-state index in [1.54, 1.807) is 25.4 Å². The molecule has 0 unspecified atom stereocenters. The van der Waals surface area contributed by atoms with Crippen molar-refractivity contribution in [2.75, 3.05) is 68.7 Å². The first-order chi connectivity index (χ1) is 34.5. The van der Waals surface area contributed by atoms with Crippen LogP contribution in [0.1, 0.15) is 118 Å². The maximum absolute atomic E-state index is 14.4. The predicted octanol–water partition coefficient (Wildman–Crippen LogP) is 9.29. The minimum atomic E-state index is -4.71. The van der Waals surface area contributed by atoms with Gasteiger partial charge in [0.25, 0.3) is 21.6 Å². The number of pyridine rings is 1. The van der Waals surface area contributed by atoms with Gasteiger partial charge in [-0.2, -0.15) is 0 Å². The fourth-order valence-electron chi connectivity index (χ4n) is 12.2. The van der Waals surface area contributed by atoms with E-state index in [1.807, 2.05) is 37.1 Å². The van der Waals surface area contributed by atoms with Gasteiger partial charge >= 0.3 is 0 Å². The number of nitrogens with one attached hydrogen (secondary N) is 3. The standard InChI is InChI=1S/C54H68N8O9S/c1-34(2)40-9-6-7-10-41(40)44-11-8-22-61(44)38-31-54(32-38)19-23-60(24-20-54)37-12-13-42(46(28-37)71-48-27-36-16-21-55-50(36)57-51(48)59(4)25-26-69-5)52(63)58-72(67,68)39-29-45(62(65)66)49-47(30-39)70-33-43(56-49)35-14-17-53(3,64)18-15-35/h6-7,9-10,12-13,16,21,27-30,34-35,38,43-44,56,64H,8,11,14-15,17-20,22-26,31-33H2,1-5H3,(H,55,57)(H,58,63)/t35-,43-,44-,53-/m1/s1. The van der Waals surface area contributed by atoms with Crippen LogP contribution in [0.5, 0.6) is 17.2 Å². The molecule has 17 nitrogen and oxygen atoms in total. The number of nitro groups is 1. The molecule has 3 aromatic carbocycles. The van der Waals surface area contributed by atoms with Gasteiger partial charge in [-0.25, -0.2) is 18.1 Å². The largest absolute Gasteiger partial charge is 0.489 e. The Morgan fingerprint density at radius 1 is 1.03 bits per heavy atom. The fourth-order valence-corrected chi connectivity index (χ4v) is 13.2. The average Bonchev–Trinajstić information content (AvgIpc) is 4.04. The number of benzene rings is 3. The number of amides is 1. The van der Waals surface area contributed by atoms with Crippen molar-refractivity contribution in [3.8, 4) is 17.2 Å². The third kappa shape index (κ3) is 9.94. The Kier molecular flexibility index (Phi) is 13.7. The first-order valence-corrected chi connectivity index (χ1v) is 27.1. The van der Waals surface area contributed by atoms with Gasteiger partial charge in [0.05, 0.1) is 33.6 Å². The number of likely N-dealkylation sites (tertiary alicyclic amines) is 1. The topological polar surface area (TPSA) is 205 Å². The van der Waals surface area contributed by atoms with Gasteiger partial charge in [-0.15, -0.1) is 0 Å². The summed E-state index contributed by atoms with van der Waals surface area (Å²) < 4.78 is 48.7. The number of rotatable bonds is 15. The molecule has 384 valence electrons. The lowest BCUT2D eigenvalue weighted by atomic mass is 9.59. The van der Waals surface area contributed by atoms with E-state index in [0.717, 1.165) is 49.6 Å². The molecule has 2 atom stereocenters. The number of sulfonamides is 1. The number of aromatic amines is 1. The van der Waals surface area contributed by atoms with Crippen molar-refractivity contribution >= 4 is 49.8 Å². The zero-order valence-electron chi connectivity index (χ0n) is 42.0. The SMILES string of the molecule is COCCN(C)c1nc2[nH]ccc2cc1Oc1cc(N2CCC3(CC2)CC(N2CCC[C@@H]2c2ccccc2C(C)C)C3)ccc1C(=O)NS(=O)(=O)c1cc2c(c([N+](=O)[O-])c1)N[C@@H]([C@H]1CC[C@](C)(O)CC1)CO2. The fraction of sp³-hybridized carbons (Fsp3) is 0.519. The Morgan fingerprint density at radius 2 is 1.79 bits per heavy atom. The third-order valence-corrected chi connectivity index (χ3v) is 17.7. The van der Waals surface area contributed by atoms with E-state index in [-0.39, 0.29) is 46.7 Å². The smallest absolute Gasteiger partial charge is 0.297 e. The molecule has 1 amide bonds. The van der Waals surface area contributed by atoms with Crippen LogP contribution in [0.3, 0.4) is 0 Å². The Labute approximate surface area is 421 Å². The molecule has 72 heavy (non-hydrogen) atoms. The Morgan fingerprint density at radius 3 is 2.53 bits per heavy atom. The van der Waals surface area contributed by atoms with Gasteiger partial charge in [0.2, 0.25) is 0 Å². The van der Waals surface area contributed by atoms with E-state index in [0.29, 0.717) is 74.1 Å². The van der Waals surface area contributed by atoms with Crippen molar-refractivity contribution in [1.29, 1.82) is 0 Å². The zero-order chi connectivity index (χ0) is 50.5. The number of fused-ring (bicyclic) bond motifs is 2. The van der Waals surface area contributed by atoms with E-state index in [9.17, 15) is 28.4 Å². The highest BCUT2D eigenvalue weighted by atomic mass is 32.2. The van der Waals surface area contributed by atoms with Crippen LogP contribution in [-0.4, -0.2) is 110 Å². The molecule has 2 saturated heterocycles. The molecule has 0 radical (unpaired) electrons. The normalized spacial score (nSPS) is 23.3. The molecule has 2 aliphatic carbocycles. The van der Waals surface area contributed by atoms with Crippen LogP contribution in [-0.2, 0) is 14.8 Å². The number of ether oxygens (including phenoxy) is 3. The monoisotopic (exact) mass is 1000 g/mol. The average molecular weight is 1010 g/mol. The number of carbonyl (C=O) groups is 1. The number of nitrogens with zero attached hydrogens (tertiary/aromatic N) is 5. The van der Waals surface area contributed by atoms with E-state index in [4.69, 9.17) is 19.2 Å². The van der Waals surface area contributed by atoms with E-state index < -0.39 is 37.0 Å². The molecule has 4 N–H and O–H groups in total. The van der Waals surface area contributed by atoms with Gasteiger partial charge in [-0.3, -0.25) is 19.8 Å². The highest BCUT2D eigenvalue weighted by molar-refractivity contribution is 7.90. The molecule has 2 saturated carbocycles. The minimum Gasteiger partial charge on any atom is -0.489 e. The lowest BCUT2D eigenvalue weighted by Crippen LogP contribution is -2.54. The summed E-state index contributed by atoms with van der Waals surface area (Å²) in [4.78, 5) is 40.8. The molecule has 18 heteroatoms. The van der Waals surface area contributed by atoms with E-state index >= 15 is 0 Å². The van der Waals surface area contributed by atoms with Crippen LogP contribution in [0, 0.1) is 21.4 Å². The summed E-state index contributed by atoms with van der Waals surface area (Å²) in [5.41, 5.74) is 3.45. The summed E-state index contributed by atoms with van der Waals surface area (Å²) in [5.74, 6) is 0.526.